The third-order valence-electron chi connectivity index (χ3n) is 4.05. The second-order valence-electron chi connectivity index (χ2n) is 6.34. The van der Waals surface area contributed by atoms with E-state index in [1.54, 1.807) is 0 Å². The van der Waals surface area contributed by atoms with Crippen LogP contribution in [0.3, 0.4) is 0 Å². The van der Waals surface area contributed by atoms with Gasteiger partial charge in [-0.25, -0.2) is 0 Å². The molecule has 0 aliphatic heterocycles. The molecule has 2 unspecified atom stereocenters. The number of benzene rings is 2. The van der Waals surface area contributed by atoms with E-state index in [-0.39, 0.29) is 11.9 Å². The average Bonchev–Trinajstić information content (AvgIpc) is 2.51. The van der Waals surface area contributed by atoms with Crippen LogP contribution in [0.5, 0.6) is 0 Å². The largest absolute Gasteiger partial charge is 0.352 e. The first-order valence-corrected chi connectivity index (χ1v) is 8.11. The van der Waals surface area contributed by atoms with E-state index in [0.717, 1.165) is 12.0 Å². The molecule has 2 aromatic rings. The monoisotopic (exact) mass is 310 g/mol. The molecule has 122 valence electrons. The van der Waals surface area contributed by atoms with Crippen molar-refractivity contribution in [2.24, 2.45) is 5.73 Å². The minimum absolute atomic E-state index is 0.0609. The molecule has 0 aliphatic rings. The van der Waals surface area contributed by atoms with Crippen LogP contribution in [0.1, 0.15) is 29.2 Å². The molecular weight excluding hydrogens is 284 g/mol. The van der Waals surface area contributed by atoms with Crippen LogP contribution in [-0.2, 0) is 17.6 Å². The summed E-state index contributed by atoms with van der Waals surface area (Å²) in [6, 6.07) is 15.8. The predicted octanol–water partition coefficient (Wildman–Crippen LogP) is 2.92. The number of nitrogens with one attached hydrogen (secondary N) is 1. The zero-order chi connectivity index (χ0) is 16.8. The zero-order valence-electron chi connectivity index (χ0n) is 14.2. The van der Waals surface area contributed by atoms with Gasteiger partial charge in [-0.1, -0.05) is 54.1 Å². The van der Waals surface area contributed by atoms with E-state index in [2.05, 4.69) is 37.4 Å². The molecule has 3 heteroatoms. The molecule has 23 heavy (non-hydrogen) atoms. The Labute approximate surface area is 138 Å². The van der Waals surface area contributed by atoms with E-state index in [1.807, 2.05) is 37.3 Å². The molecule has 2 aromatic carbocycles. The lowest BCUT2D eigenvalue weighted by atomic mass is 9.99. The minimum atomic E-state index is -0.515. The lowest BCUT2D eigenvalue weighted by Gasteiger charge is -2.19. The number of nitrogens with two attached hydrogens (primary N) is 1. The maximum atomic E-state index is 12.3. The quantitative estimate of drug-likeness (QED) is 0.862. The fourth-order valence-corrected chi connectivity index (χ4v) is 2.77. The maximum absolute atomic E-state index is 12.3. The second-order valence-corrected chi connectivity index (χ2v) is 6.34. The summed E-state index contributed by atoms with van der Waals surface area (Å²) in [5.74, 6) is -0.0916. The Balaban J connectivity index is 1.88. The minimum Gasteiger partial charge on any atom is -0.352 e. The molecule has 0 aliphatic carbocycles. The Hall–Kier alpha value is -2.13. The lowest BCUT2D eigenvalue weighted by Crippen LogP contribution is -2.46. The molecular formula is C20H26N2O. The first-order chi connectivity index (χ1) is 11.0. The standard InChI is InChI=1S/C20H26N2O/c1-14-9-10-18(15(2)11-14)12-16(3)22-20(23)19(21)13-17-7-5-4-6-8-17/h4-11,16,19H,12-13,21H2,1-3H3,(H,22,23). The van der Waals surface area contributed by atoms with Crippen molar-refractivity contribution >= 4 is 5.91 Å². The molecule has 0 heterocycles. The maximum Gasteiger partial charge on any atom is 0.237 e. The number of amides is 1. The highest BCUT2D eigenvalue weighted by Gasteiger charge is 2.16. The van der Waals surface area contributed by atoms with Crippen LogP contribution >= 0.6 is 0 Å². The summed E-state index contributed by atoms with van der Waals surface area (Å²) in [6.07, 6.45) is 1.37. The number of rotatable bonds is 6. The molecule has 2 atom stereocenters. The Morgan fingerprint density at radius 3 is 2.43 bits per heavy atom. The van der Waals surface area contributed by atoms with Crippen LogP contribution in [0.2, 0.25) is 0 Å². The Morgan fingerprint density at radius 1 is 1.09 bits per heavy atom. The van der Waals surface area contributed by atoms with E-state index >= 15 is 0 Å². The Bertz CT molecular complexity index is 652. The van der Waals surface area contributed by atoms with Crippen LogP contribution in [-0.4, -0.2) is 18.0 Å². The molecule has 1 amide bonds. The van der Waals surface area contributed by atoms with E-state index in [9.17, 15) is 4.79 Å². The second kappa shape index (κ2) is 7.93. The number of hydrogen-bond acceptors (Lipinski definition) is 2. The Morgan fingerprint density at radius 2 is 1.78 bits per heavy atom. The number of carbonyl (C=O) groups is 1. The van der Waals surface area contributed by atoms with E-state index < -0.39 is 6.04 Å². The van der Waals surface area contributed by atoms with Crippen LogP contribution in [0.4, 0.5) is 0 Å². The normalized spacial score (nSPS) is 13.4. The third-order valence-corrected chi connectivity index (χ3v) is 4.05. The van der Waals surface area contributed by atoms with Gasteiger partial charge in [0.1, 0.15) is 0 Å². The topological polar surface area (TPSA) is 55.1 Å². The summed E-state index contributed by atoms with van der Waals surface area (Å²) in [4.78, 5) is 12.3. The first-order valence-electron chi connectivity index (χ1n) is 8.11. The van der Waals surface area contributed by atoms with Crippen molar-refractivity contribution in [1.29, 1.82) is 0 Å². The van der Waals surface area contributed by atoms with Crippen molar-refractivity contribution in [3.8, 4) is 0 Å². The molecule has 0 saturated heterocycles. The van der Waals surface area contributed by atoms with E-state index in [1.165, 1.54) is 16.7 Å². The van der Waals surface area contributed by atoms with Gasteiger partial charge in [0.2, 0.25) is 5.91 Å². The highest BCUT2D eigenvalue weighted by molar-refractivity contribution is 5.82. The van der Waals surface area contributed by atoms with Gasteiger partial charge < -0.3 is 11.1 Å². The van der Waals surface area contributed by atoms with Crippen LogP contribution in [0, 0.1) is 13.8 Å². The molecule has 0 spiro atoms. The van der Waals surface area contributed by atoms with Crippen molar-refractivity contribution in [3.05, 3.63) is 70.8 Å². The zero-order valence-corrected chi connectivity index (χ0v) is 14.2. The molecule has 0 radical (unpaired) electrons. The molecule has 0 bridgehead atoms. The van der Waals surface area contributed by atoms with E-state index in [4.69, 9.17) is 5.73 Å². The molecule has 0 saturated carbocycles. The summed E-state index contributed by atoms with van der Waals surface area (Å²) < 4.78 is 0. The van der Waals surface area contributed by atoms with Gasteiger partial charge in [0.25, 0.3) is 0 Å². The lowest BCUT2D eigenvalue weighted by molar-refractivity contribution is -0.122. The van der Waals surface area contributed by atoms with Gasteiger partial charge in [-0.2, -0.15) is 0 Å². The third kappa shape index (κ3) is 5.22. The van der Waals surface area contributed by atoms with Gasteiger partial charge >= 0.3 is 0 Å². The molecule has 3 N–H and O–H groups in total. The van der Waals surface area contributed by atoms with Gasteiger partial charge in [-0.15, -0.1) is 0 Å². The van der Waals surface area contributed by atoms with Crippen LogP contribution in [0.25, 0.3) is 0 Å². The SMILES string of the molecule is Cc1ccc(CC(C)NC(=O)C(N)Cc2ccccc2)c(C)c1. The summed E-state index contributed by atoms with van der Waals surface area (Å²) in [5.41, 5.74) is 10.9. The van der Waals surface area contributed by atoms with Crippen molar-refractivity contribution in [3.63, 3.8) is 0 Å². The van der Waals surface area contributed by atoms with Gasteiger partial charge in [0, 0.05) is 6.04 Å². The van der Waals surface area contributed by atoms with Crippen molar-refractivity contribution in [1.82, 2.24) is 5.32 Å². The van der Waals surface area contributed by atoms with Crippen LogP contribution in [0.15, 0.2) is 48.5 Å². The summed E-state index contributed by atoms with van der Waals surface area (Å²) >= 11 is 0. The molecule has 3 nitrogen and oxygen atoms in total. The number of carbonyl (C=O) groups excluding carboxylic acids is 1. The smallest absolute Gasteiger partial charge is 0.237 e. The predicted molar refractivity (Wildman–Crippen MR) is 95.3 cm³/mol. The average molecular weight is 310 g/mol. The van der Waals surface area contributed by atoms with Crippen molar-refractivity contribution < 1.29 is 4.79 Å². The van der Waals surface area contributed by atoms with E-state index in [0.29, 0.717) is 6.42 Å². The van der Waals surface area contributed by atoms with Crippen molar-refractivity contribution in [2.75, 3.05) is 0 Å². The van der Waals surface area contributed by atoms with Crippen LogP contribution < -0.4 is 11.1 Å². The number of aryl methyl sites for hydroxylation is 2. The molecule has 0 fully saturated rings. The van der Waals surface area contributed by atoms with Gasteiger partial charge in [0.05, 0.1) is 6.04 Å². The highest BCUT2D eigenvalue weighted by Crippen LogP contribution is 2.12. The fourth-order valence-electron chi connectivity index (χ4n) is 2.77. The van der Waals surface area contributed by atoms with Crippen molar-refractivity contribution in [2.45, 2.75) is 45.7 Å². The Kier molecular flexibility index (Phi) is 5.94. The summed E-state index contributed by atoms with van der Waals surface area (Å²) in [6.45, 7) is 6.22. The van der Waals surface area contributed by atoms with Gasteiger partial charge in [-0.05, 0) is 50.3 Å². The molecule has 0 aromatic heterocycles. The summed E-state index contributed by atoms with van der Waals surface area (Å²) in [7, 11) is 0. The summed E-state index contributed by atoms with van der Waals surface area (Å²) in [5, 5.41) is 3.03. The highest BCUT2D eigenvalue weighted by atomic mass is 16.2. The van der Waals surface area contributed by atoms with Gasteiger partial charge in [0.15, 0.2) is 0 Å². The van der Waals surface area contributed by atoms with Gasteiger partial charge in [-0.3, -0.25) is 4.79 Å². The first kappa shape index (κ1) is 17.2. The number of hydrogen-bond donors (Lipinski definition) is 2. The fraction of sp³-hybridized carbons (Fsp3) is 0.350. The molecule has 2 rings (SSSR count).